The van der Waals surface area contributed by atoms with Gasteiger partial charge in [-0.15, -0.1) is 0 Å². The molecule has 3 saturated heterocycles. The Morgan fingerprint density at radius 2 is 1.72 bits per heavy atom. The minimum absolute atomic E-state index is 0.104. The molecule has 1 N–H and O–H groups in total. The number of piperidine rings is 3. The van der Waals surface area contributed by atoms with Crippen molar-refractivity contribution < 1.29 is 9.66 Å². The standard InChI is InChI=1S/C25H38N4O3/c1-32-24-17-22(21(20-2-3-20)16-23(24)29(30)31)28-14-8-25(9-15-28)6-12-27(13-7-25)18-19-4-10-26-11-5-19/h16-17,19-20,26H,2-15,18H2,1H3. The van der Waals surface area contributed by atoms with Gasteiger partial charge in [-0.2, -0.15) is 0 Å². The maximum atomic E-state index is 11.5. The van der Waals surface area contributed by atoms with Crippen LogP contribution in [0.15, 0.2) is 12.1 Å². The van der Waals surface area contributed by atoms with Gasteiger partial charge in [-0.3, -0.25) is 10.1 Å². The summed E-state index contributed by atoms with van der Waals surface area (Å²) in [4.78, 5) is 16.4. The summed E-state index contributed by atoms with van der Waals surface area (Å²) in [6, 6.07) is 3.72. The molecule has 32 heavy (non-hydrogen) atoms. The normalized spacial score (nSPS) is 24.6. The molecule has 0 radical (unpaired) electrons. The van der Waals surface area contributed by atoms with E-state index in [0.29, 0.717) is 17.1 Å². The molecule has 0 aromatic heterocycles. The van der Waals surface area contributed by atoms with E-state index >= 15 is 0 Å². The molecule has 1 aromatic carbocycles. The van der Waals surface area contributed by atoms with Crippen LogP contribution in [-0.2, 0) is 0 Å². The molecule has 4 fully saturated rings. The van der Waals surface area contributed by atoms with Gasteiger partial charge < -0.3 is 19.9 Å². The monoisotopic (exact) mass is 442 g/mol. The highest BCUT2D eigenvalue weighted by atomic mass is 16.6. The number of hydrogen-bond donors (Lipinski definition) is 1. The molecule has 1 saturated carbocycles. The van der Waals surface area contributed by atoms with Crippen LogP contribution in [0.2, 0.25) is 0 Å². The molecule has 0 bridgehead atoms. The van der Waals surface area contributed by atoms with Gasteiger partial charge in [0.1, 0.15) is 0 Å². The van der Waals surface area contributed by atoms with Gasteiger partial charge in [0.2, 0.25) is 0 Å². The molecule has 176 valence electrons. The summed E-state index contributed by atoms with van der Waals surface area (Å²) >= 11 is 0. The molecule has 3 aliphatic heterocycles. The number of methoxy groups -OCH3 is 1. The lowest BCUT2D eigenvalue weighted by atomic mass is 9.71. The van der Waals surface area contributed by atoms with Crippen LogP contribution < -0.4 is 15.0 Å². The molecule has 0 atom stereocenters. The van der Waals surface area contributed by atoms with Crippen molar-refractivity contribution >= 4 is 11.4 Å². The van der Waals surface area contributed by atoms with Crippen molar-refractivity contribution in [1.82, 2.24) is 10.2 Å². The predicted octanol–water partition coefficient (Wildman–Crippen LogP) is 4.16. The van der Waals surface area contributed by atoms with Gasteiger partial charge in [-0.25, -0.2) is 0 Å². The number of nitro groups is 1. The van der Waals surface area contributed by atoms with Crippen LogP contribution in [-0.4, -0.2) is 62.7 Å². The second-order valence-corrected chi connectivity index (χ2v) is 10.6. The fourth-order valence-corrected chi connectivity index (χ4v) is 6.24. The van der Waals surface area contributed by atoms with E-state index in [9.17, 15) is 10.1 Å². The van der Waals surface area contributed by atoms with Crippen molar-refractivity contribution in [1.29, 1.82) is 0 Å². The van der Waals surface area contributed by atoms with Crippen LogP contribution in [0.5, 0.6) is 5.75 Å². The van der Waals surface area contributed by atoms with E-state index in [1.54, 1.807) is 6.07 Å². The van der Waals surface area contributed by atoms with Gasteiger partial charge in [0.05, 0.1) is 12.0 Å². The Morgan fingerprint density at radius 1 is 1.06 bits per heavy atom. The van der Waals surface area contributed by atoms with Gasteiger partial charge in [0.15, 0.2) is 5.75 Å². The van der Waals surface area contributed by atoms with Crippen molar-refractivity contribution in [3.05, 3.63) is 27.8 Å². The van der Waals surface area contributed by atoms with E-state index in [-0.39, 0.29) is 10.6 Å². The molecule has 3 heterocycles. The van der Waals surface area contributed by atoms with Crippen molar-refractivity contribution in [2.24, 2.45) is 11.3 Å². The van der Waals surface area contributed by atoms with Crippen molar-refractivity contribution in [3.63, 3.8) is 0 Å². The average molecular weight is 443 g/mol. The summed E-state index contributed by atoms with van der Waals surface area (Å²) in [7, 11) is 1.53. The smallest absolute Gasteiger partial charge is 0.311 e. The Hall–Kier alpha value is -1.86. The number of anilines is 1. The third-order valence-corrected chi connectivity index (χ3v) is 8.60. The third-order valence-electron chi connectivity index (χ3n) is 8.60. The number of nitrogens with zero attached hydrogens (tertiary/aromatic N) is 3. The minimum Gasteiger partial charge on any atom is -0.490 e. The molecule has 0 amide bonds. The molecule has 7 heteroatoms. The first-order chi connectivity index (χ1) is 15.6. The zero-order chi connectivity index (χ0) is 22.1. The number of hydrogen-bond acceptors (Lipinski definition) is 6. The maximum absolute atomic E-state index is 11.5. The van der Waals surface area contributed by atoms with E-state index in [4.69, 9.17) is 4.74 Å². The summed E-state index contributed by atoms with van der Waals surface area (Å²) in [5.74, 6) is 1.75. The Kier molecular flexibility index (Phi) is 6.30. The first-order valence-corrected chi connectivity index (χ1v) is 12.6. The molecule has 4 aliphatic rings. The van der Waals surface area contributed by atoms with Crippen LogP contribution in [0, 0.1) is 21.4 Å². The van der Waals surface area contributed by atoms with Crippen molar-refractivity contribution in [3.8, 4) is 5.75 Å². The molecule has 1 aromatic rings. The third kappa shape index (κ3) is 4.60. The van der Waals surface area contributed by atoms with Gasteiger partial charge >= 0.3 is 5.69 Å². The number of nitrogens with one attached hydrogen (secondary N) is 1. The Bertz CT molecular complexity index is 817. The lowest BCUT2D eigenvalue weighted by Crippen LogP contribution is -2.48. The Balaban J connectivity index is 1.22. The summed E-state index contributed by atoms with van der Waals surface area (Å²) in [6.07, 6.45) is 10.1. The average Bonchev–Trinajstić information content (AvgIpc) is 3.66. The van der Waals surface area contributed by atoms with Crippen molar-refractivity contribution in [2.45, 2.75) is 57.3 Å². The maximum Gasteiger partial charge on any atom is 0.311 e. The van der Waals surface area contributed by atoms with Crippen LogP contribution in [0.1, 0.15) is 62.8 Å². The number of benzene rings is 1. The number of likely N-dealkylation sites (tertiary alicyclic amines) is 1. The molecular formula is C25H38N4O3. The predicted molar refractivity (Wildman–Crippen MR) is 127 cm³/mol. The van der Waals surface area contributed by atoms with Gasteiger partial charge in [-0.05, 0) is 100 Å². The summed E-state index contributed by atoms with van der Waals surface area (Å²) in [5.41, 5.74) is 2.93. The van der Waals surface area contributed by atoms with Crippen LogP contribution in [0.4, 0.5) is 11.4 Å². The second kappa shape index (κ2) is 9.18. The zero-order valence-corrected chi connectivity index (χ0v) is 19.5. The van der Waals surface area contributed by atoms with Gasteiger partial charge in [0, 0.05) is 37.5 Å². The second-order valence-electron chi connectivity index (χ2n) is 10.6. The van der Waals surface area contributed by atoms with Gasteiger partial charge in [0.25, 0.3) is 0 Å². The van der Waals surface area contributed by atoms with Crippen molar-refractivity contribution in [2.75, 3.05) is 57.8 Å². The summed E-state index contributed by atoms with van der Waals surface area (Å²) in [5, 5.41) is 15.0. The molecule has 7 nitrogen and oxygen atoms in total. The molecule has 1 spiro atoms. The Labute approximate surface area is 191 Å². The SMILES string of the molecule is COc1cc(N2CCC3(CCN(CC4CCNCC4)CC3)CC2)c(C2CC2)cc1[N+](=O)[O-]. The number of ether oxygens (including phenoxy) is 1. The highest BCUT2D eigenvalue weighted by molar-refractivity contribution is 5.66. The van der Waals surface area contributed by atoms with E-state index < -0.39 is 0 Å². The number of nitro benzene ring substituents is 1. The highest BCUT2D eigenvalue weighted by Crippen LogP contribution is 2.50. The van der Waals surface area contributed by atoms with E-state index in [1.165, 1.54) is 84.0 Å². The molecular weight excluding hydrogens is 404 g/mol. The van der Waals surface area contributed by atoms with Crippen LogP contribution in [0.25, 0.3) is 0 Å². The first-order valence-electron chi connectivity index (χ1n) is 12.6. The topological polar surface area (TPSA) is 70.9 Å². The largest absolute Gasteiger partial charge is 0.490 e. The number of rotatable bonds is 6. The van der Waals surface area contributed by atoms with E-state index in [0.717, 1.165) is 37.4 Å². The minimum atomic E-state index is -0.308. The van der Waals surface area contributed by atoms with E-state index in [1.807, 2.05) is 6.07 Å². The summed E-state index contributed by atoms with van der Waals surface area (Å²) < 4.78 is 5.40. The highest BCUT2D eigenvalue weighted by Gasteiger charge is 2.39. The lowest BCUT2D eigenvalue weighted by molar-refractivity contribution is -0.385. The van der Waals surface area contributed by atoms with E-state index in [2.05, 4.69) is 15.1 Å². The molecule has 1 aliphatic carbocycles. The molecule has 0 unspecified atom stereocenters. The first kappa shape index (κ1) is 22.0. The summed E-state index contributed by atoms with van der Waals surface area (Å²) in [6.45, 7) is 8.27. The zero-order valence-electron chi connectivity index (χ0n) is 19.5. The fraction of sp³-hybridized carbons (Fsp3) is 0.760. The van der Waals surface area contributed by atoms with Crippen LogP contribution in [0.3, 0.4) is 0 Å². The fourth-order valence-electron chi connectivity index (χ4n) is 6.24. The van der Waals surface area contributed by atoms with Gasteiger partial charge in [-0.1, -0.05) is 0 Å². The quantitative estimate of drug-likeness (QED) is 0.527. The Morgan fingerprint density at radius 3 is 2.31 bits per heavy atom. The van der Waals surface area contributed by atoms with Crippen LogP contribution >= 0.6 is 0 Å². The lowest BCUT2D eigenvalue weighted by Gasteiger charge is -2.48. The molecule has 5 rings (SSSR count).